The number of allylic oxidation sites excluding steroid dienone is 1. The molecule has 0 fully saturated rings. The lowest BCUT2D eigenvalue weighted by molar-refractivity contribution is 0.103. The molecule has 2 aromatic rings. The fourth-order valence-electron chi connectivity index (χ4n) is 2.25. The summed E-state index contributed by atoms with van der Waals surface area (Å²) in [6, 6.07) is 14.7. The quantitative estimate of drug-likeness (QED) is 0.587. The third kappa shape index (κ3) is 4.86. The van der Waals surface area contributed by atoms with Crippen LogP contribution in [-0.4, -0.2) is 31.9 Å². The Bertz CT molecular complexity index is 688. The molecule has 23 heavy (non-hydrogen) atoms. The number of ether oxygens (including phenoxy) is 1. The molecule has 0 saturated carbocycles. The van der Waals surface area contributed by atoms with Crippen molar-refractivity contribution in [2.45, 2.75) is 6.42 Å². The van der Waals surface area contributed by atoms with Crippen LogP contribution in [0.3, 0.4) is 0 Å². The van der Waals surface area contributed by atoms with Crippen LogP contribution in [0.1, 0.15) is 15.9 Å². The molecule has 2 rings (SSSR count). The number of hydrogen-bond acceptors (Lipinski definition) is 3. The van der Waals surface area contributed by atoms with Gasteiger partial charge in [0.2, 0.25) is 0 Å². The van der Waals surface area contributed by atoms with Gasteiger partial charge < -0.3 is 9.64 Å². The average molecular weight is 330 g/mol. The molecular weight excluding hydrogens is 310 g/mol. The standard InChI is InChI=1S/C19H20ClNO2/c1-21(2)13-16(12-14-4-10-18(23-3)11-5-14)19(22)15-6-8-17(20)9-7-15/h4-11,13H,12H2,1-3H3. The minimum atomic E-state index is 0.00573. The minimum absolute atomic E-state index is 0.00573. The second kappa shape index (κ2) is 7.84. The predicted octanol–water partition coefficient (Wildman–Crippen LogP) is 4.22. The Balaban J connectivity index is 2.26. The molecule has 0 atom stereocenters. The van der Waals surface area contributed by atoms with Crippen molar-refractivity contribution in [3.8, 4) is 5.75 Å². The highest BCUT2D eigenvalue weighted by atomic mass is 35.5. The van der Waals surface area contributed by atoms with Crippen LogP contribution in [0.25, 0.3) is 0 Å². The van der Waals surface area contributed by atoms with Crippen molar-refractivity contribution in [2.24, 2.45) is 0 Å². The number of methoxy groups -OCH3 is 1. The molecule has 2 aromatic carbocycles. The molecule has 4 heteroatoms. The molecule has 0 amide bonds. The van der Waals surface area contributed by atoms with Crippen LogP contribution in [0.2, 0.25) is 5.02 Å². The van der Waals surface area contributed by atoms with Gasteiger partial charge in [0.05, 0.1) is 7.11 Å². The van der Waals surface area contributed by atoms with Crippen LogP contribution in [0.5, 0.6) is 5.75 Å². The third-order valence-electron chi connectivity index (χ3n) is 3.37. The highest BCUT2D eigenvalue weighted by molar-refractivity contribution is 6.30. The third-order valence-corrected chi connectivity index (χ3v) is 3.62. The van der Waals surface area contributed by atoms with Crippen molar-refractivity contribution in [1.29, 1.82) is 0 Å². The number of hydrogen-bond donors (Lipinski definition) is 0. The Kier molecular flexibility index (Phi) is 5.83. The van der Waals surface area contributed by atoms with Gasteiger partial charge in [0.1, 0.15) is 5.75 Å². The number of carbonyl (C=O) groups excluding carboxylic acids is 1. The van der Waals surface area contributed by atoms with E-state index in [2.05, 4.69) is 0 Å². The molecule has 3 nitrogen and oxygen atoms in total. The van der Waals surface area contributed by atoms with E-state index >= 15 is 0 Å². The number of benzene rings is 2. The molecule has 0 radical (unpaired) electrons. The maximum absolute atomic E-state index is 12.8. The first kappa shape index (κ1) is 17.1. The van der Waals surface area contributed by atoms with Gasteiger partial charge in [0.15, 0.2) is 5.78 Å². The minimum Gasteiger partial charge on any atom is -0.497 e. The number of rotatable bonds is 6. The normalized spacial score (nSPS) is 11.2. The largest absolute Gasteiger partial charge is 0.497 e. The van der Waals surface area contributed by atoms with E-state index in [1.165, 1.54) is 0 Å². The summed E-state index contributed by atoms with van der Waals surface area (Å²) < 4.78 is 5.16. The highest BCUT2D eigenvalue weighted by Gasteiger charge is 2.13. The topological polar surface area (TPSA) is 29.5 Å². The van der Waals surface area contributed by atoms with Crippen molar-refractivity contribution in [3.63, 3.8) is 0 Å². The van der Waals surface area contributed by atoms with Crippen LogP contribution < -0.4 is 4.74 Å². The summed E-state index contributed by atoms with van der Waals surface area (Å²) in [5, 5.41) is 0.620. The van der Waals surface area contributed by atoms with E-state index in [-0.39, 0.29) is 5.78 Å². The van der Waals surface area contributed by atoms with Crippen molar-refractivity contribution in [3.05, 3.63) is 76.5 Å². The first-order chi connectivity index (χ1) is 11.0. The number of halogens is 1. The number of carbonyl (C=O) groups is 1. The Hall–Kier alpha value is -2.26. The summed E-state index contributed by atoms with van der Waals surface area (Å²) in [5.74, 6) is 0.808. The molecule has 0 spiro atoms. The molecular formula is C19H20ClNO2. The lowest BCUT2D eigenvalue weighted by Crippen LogP contribution is -2.12. The van der Waals surface area contributed by atoms with Crippen LogP contribution in [0.4, 0.5) is 0 Å². The molecule has 0 aliphatic rings. The van der Waals surface area contributed by atoms with E-state index in [0.717, 1.165) is 16.9 Å². The van der Waals surface area contributed by atoms with Gasteiger partial charge in [-0.3, -0.25) is 4.79 Å². The van der Waals surface area contributed by atoms with Crippen molar-refractivity contribution in [1.82, 2.24) is 4.90 Å². The summed E-state index contributed by atoms with van der Waals surface area (Å²) in [5.41, 5.74) is 2.42. The summed E-state index contributed by atoms with van der Waals surface area (Å²) >= 11 is 5.89. The highest BCUT2D eigenvalue weighted by Crippen LogP contribution is 2.19. The van der Waals surface area contributed by atoms with Crippen molar-refractivity contribution >= 4 is 17.4 Å². The lowest BCUT2D eigenvalue weighted by Gasteiger charge is -2.12. The molecule has 0 N–H and O–H groups in total. The zero-order chi connectivity index (χ0) is 16.8. The van der Waals surface area contributed by atoms with Crippen molar-refractivity contribution < 1.29 is 9.53 Å². The summed E-state index contributed by atoms with van der Waals surface area (Å²) in [7, 11) is 5.45. The SMILES string of the molecule is COc1ccc(CC(=CN(C)C)C(=O)c2ccc(Cl)cc2)cc1. The maximum atomic E-state index is 12.8. The summed E-state index contributed by atoms with van der Waals surface area (Å²) in [6.45, 7) is 0. The lowest BCUT2D eigenvalue weighted by atomic mass is 9.97. The van der Waals surface area contributed by atoms with Gasteiger partial charge in [0, 0.05) is 42.9 Å². The maximum Gasteiger partial charge on any atom is 0.190 e. The zero-order valence-corrected chi connectivity index (χ0v) is 14.3. The summed E-state index contributed by atoms with van der Waals surface area (Å²) in [6.07, 6.45) is 2.42. The van der Waals surface area contributed by atoms with Gasteiger partial charge in [0.25, 0.3) is 0 Å². The monoisotopic (exact) mass is 329 g/mol. The van der Waals surface area contributed by atoms with Crippen LogP contribution in [-0.2, 0) is 6.42 Å². The van der Waals surface area contributed by atoms with Gasteiger partial charge in [-0.25, -0.2) is 0 Å². The zero-order valence-electron chi connectivity index (χ0n) is 13.5. The van der Waals surface area contributed by atoms with E-state index in [1.807, 2.05) is 49.5 Å². The Morgan fingerprint density at radius 1 is 1.09 bits per heavy atom. The molecule has 0 unspecified atom stereocenters. The summed E-state index contributed by atoms with van der Waals surface area (Å²) in [4.78, 5) is 14.6. The second-order valence-electron chi connectivity index (χ2n) is 5.48. The fraction of sp³-hybridized carbons (Fsp3) is 0.211. The number of Topliss-reactive ketones (excluding diaryl/α,β-unsaturated/α-hetero) is 1. The van der Waals surface area contributed by atoms with E-state index in [0.29, 0.717) is 17.0 Å². The van der Waals surface area contributed by atoms with E-state index < -0.39 is 0 Å². The first-order valence-corrected chi connectivity index (χ1v) is 7.67. The first-order valence-electron chi connectivity index (χ1n) is 7.30. The van der Waals surface area contributed by atoms with Crippen LogP contribution >= 0.6 is 11.6 Å². The van der Waals surface area contributed by atoms with E-state index in [9.17, 15) is 4.79 Å². The van der Waals surface area contributed by atoms with Gasteiger partial charge in [-0.15, -0.1) is 0 Å². The van der Waals surface area contributed by atoms with E-state index in [4.69, 9.17) is 16.3 Å². The average Bonchev–Trinajstić information content (AvgIpc) is 2.54. The number of nitrogens with zero attached hydrogens (tertiary/aromatic N) is 1. The van der Waals surface area contributed by atoms with Crippen LogP contribution in [0.15, 0.2) is 60.3 Å². The van der Waals surface area contributed by atoms with Gasteiger partial charge in [-0.05, 0) is 42.0 Å². The molecule has 0 aliphatic heterocycles. The van der Waals surface area contributed by atoms with Crippen molar-refractivity contribution in [2.75, 3.05) is 21.2 Å². The van der Waals surface area contributed by atoms with Gasteiger partial charge in [-0.2, -0.15) is 0 Å². The van der Waals surface area contributed by atoms with E-state index in [1.54, 1.807) is 31.4 Å². The molecule has 0 aromatic heterocycles. The number of ketones is 1. The van der Waals surface area contributed by atoms with Gasteiger partial charge in [-0.1, -0.05) is 23.7 Å². The molecule has 0 bridgehead atoms. The fourth-order valence-corrected chi connectivity index (χ4v) is 2.37. The second-order valence-corrected chi connectivity index (χ2v) is 5.92. The van der Waals surface area contributed by atoms with Crippen LogP contribution in [0, 0.1) is 0 Å². The molecule has 120 valence electrons. The van der Waals surface area contributed by atoms with Gasteiger partial charge >= 0.3 is 0 Å². The Morgan fingerprint density at radius 2 is 1.70 bits per heavy atom. The molecule has 0 heterocycles. The molecule has 0 aliphatic carbocycles. The Labute approximate surface area is 142 Å². The smallest absolute Gasteiger partial charge is 0.190 e. The predicted molar refractivity (Wildman–Crippen MR) is 94.3 cm³/mol. The Morgan fingerprint density at radius 3 is 2.22 bits per heavy atom. The molecule has 0 saturated heterocycles.